The number of carbonyl (C=O) groups excluding carboxylic acids is 2. The first-order chi connectivity index (χ1) is 21.5. The number of nitrogens with one attached hydrogen (secondary N) is 1. The van der Waals surface area contributed by atoms with E-state index < -0.39 is 28.5 Å². The number of carbonyl (C=O) groups is 2. The molecule has 1 N–H and O–H groups in total. The van der Waals surface area contributed by atoms with Crippen molar-refractivity contribution in [3.63, 3.8) is 0 Å². The lowest BCUT2D eigenvalue weighted by Gasteiger charge is -2.34. The minimum Gasteiger partial charge on any atom is -0.352 e. The first-order valence-corrected chi connectivity index (χ1v) is 16.9. The fourth-order valence-electron chi connectivity index (χ4n) is 4.79. The highest BCUT2D eigenvalue weighted by atomic mass is 35.5. The summed E-state index contributed by atoms with van der Waals surface area (Å²) in [6.07, 6.45) is 0.920. The van der Waals surface area contributed by atoms with Crippen LogP contribution in [0, 0.1) is 6.92 Å². The summed E-state index contributed by atoms with van der Waals surface area (Å²) >= 11 is 12.7. The molecule has 0 saturated carbocycles. The van der Waals surface area contributed by atoms with Crippen molar-refractivity contribution < 1.29 is 18.0 Å². The SMILES string of the molecule is CC[C@H](C)NC(=O)[C@H](Cc1ccccc1)N(Cc1ccc(Cl)cc1)C(=O)CN(c1ccccc1Cl)S(=O)(=O)c1ccc(C)cc1. The molecule has 0 aromatic heterocycles. The summed E-state index contributed by atoms with van der Waals surface area (Å²) in [6.45, 7) is 5.18. The van der Waals surface area contributed by atoms with Gasteiger partial charge < -0.3 is 10.2 Å². The summed E-state index contributed by atoms with van der Waals surface area (Å²) < 4.78 is 29.3. The van der Waals surface area contributed by atoms with Crippen molar-refractivity contribution in [2.24, 2.45) is 0 Å². The Hall–Kier alpha value is -3.85. The second kappa shape index (κ2) is 15.4. The normalized spacial score (nSPS) is 12.6. The number of anilines is 1. The number of hydrogen-bond acceptors (Lipinski definition) is 4. The van der Waals surface area contributed by atoms with Crippen LogP contribution >= 0.6 is 23.2 Å². The topological polar surface area (TPSA) is 86.8 Å². The molecule has 7 nitrogen and oxygen atoms in total. The van der Waals surface area contributed by atoms with Crippen molar-refractivity contribution in [3.8, 4) is 0 Å². The second-order valence-electron chi connectivity index (χ2n) is 10.9. The highest BCUT2D eigenvalue weighted by molar-refractivity contribution is 7.92. The molecule has 236 valence electrons. The molecule has 0 aliphatic rings. The van der Waals surface area contributed by atoms with E-state index in [0.717, 1.165) is 21.0 Å². The van der Waals surface area contributed by atoms with Crippen molar-refractivity contribution in [2.75, 3.05) is 10.8 Å². The van der Waals surface area contributed by atoms with Gasteiger partial charge in [0.25, 0.3) is 10.0 Å². The molecule has 0 spiro atoms. The number of hydrogen-bond donors (Lipinski definition) is 1. The lowest BCUT2D eigenvalue weighted by molar-refractivity contribution is -0.140. The lowest BCUT2D eigenvalue weighted by atomic mass is 10.0. The lowest BCUT2D eigenvalue weighted by Crippen LogP contribution is -2.54. The molecule has 10 heteroatoms. The number of rotatable bonds is 13. The highest BCUT2D eigenvalue weighted by Gasteiger charge is 2.35. The first kappa shape index (κ1) is 34.0. The van der Waals surface area contributed by atoms with Crippen LogP contribution in [0.4, 0.5) is 5.69 Å². The van der Waals surface area contributed by atoms with E-state index in [-0.39, 0.29) is 40.5 Å². The van der Waals surface area contributed by atoms with E-state index in [4.69, 9.17) is 23.2 Å². The summed E-state index contributed by atoms with van der Waals surface area (Å²) in [5.41, 5.74) is 2.63. The zero-order chi connectivity index (χ0) is 32.6. The standard InChI is InChI=1S/C35H37Cl2N3O4S/c1-4-26(3)38-35(42)33(22-27-10-6-5-7-11-27)39(23-28-16-18-29(36)19-17-28)34(41)24-40(32-13-9-8-12-31(32)37)45(43,44)30-20-14-25(2)15-21-30/h5-21,26,33H,4,22-24H2,1-3H3,(H,38,42)/t26-,33-/m0/s1. The van der Waals surface area contributed by atoms with E-state index in [1.165, 1.54) is 17.0 Å². The van der Waals surface area contributed by atoms with Crippen molar-refractivity contribution in [1.82, 2.24) is 10.2 Å². The van der Waals surface area contributed by atoms with Gasteiger partial charge in [-0.15, -0.1) is 0 Å². The number of halogens is 2. The van der Waals surface area contributed by atoms with Gasteiger partial charge in [0.05, 0.1) is 15.6 Å². The van der Waals surface area contributed by atoms with E-state index in [1.54, 1.807) is 60.7 Å². The molecule has 4 rings (SSSR count). The second-order valence-corrected chi connectivity index (χ2v) is 13.7. The van der Waals surface area contributed by atoms with E-state index >= 15 is 0 Å². The third-order valence-corrected chi connectivity index (χ3v) is 9.89. The Morgan fingerprint density at radius 2 is 1.44 bits per heavy atom. The molecular formula is C35H37Cl2N3O4S. The van der Waals surface area contributed by atoms with Gasteiger partial charge in [-0.25, -0.2) is 8.42 Å². The summed E-state index contributed by atoms with van der Waals surface area (Å²) in [4.78, 5) is 29.9. The summed E-state index contributed by atoms with van der Waals surface area (Å²) in [6, 6.07) is 28.2. The molecular weight excluding hydrogens is 629 g/mol. The van der Waals surface area contributed by atoms with Crippen LogP contribution in [-0.2, 0) is 32.6 Å². The van der Waals surface area contributed by atoms with Crippen molar-refractivity contribution in [2.45, 2.75) is 57.1 Å². The average Bonchev–Trinajstić information content (AvgIpc) is 3.03. The fourth-order valence-corrected chi connectivity index (χ4v) is 6.63. The zero-order valence-corrected chi connectivity index (χ0v) is 27.8. The van der Waals surface area contributed by atoms with Crippen LogP contribution in [0.15, 0.2) is 108 Å². The van der Waals surface area contributed by atoms with Gasteiger partial charge in [-0.2, -0.15) is 0 Å². The molecule has 0 radical (unpaired) electrons. The maximum Gasteiger partial charge on any atom is 0.264 e. The predicted octanol–water partition coefficient (Wildman–Crippen LogP) is 7.05. The molecule has 0 aliphatic heterocycles. The van der Waals surface area contributed by atoms with Crippen LogP contribution in [0.25, 0.3) is 0 Å². The van der Waals surface area contributed by atoms with Gasteiger partial charge >= 0.3 is 0 Å². The number of amides is 2. The summed E-state index contributed by atoms with van der Waals surface area (Å²) in [5.74, 6) is -0.901. The summed E-state index contributed by atoms with van der Waals surface area (Å²) in [5, 5.41) is 3.72. The van der Waals surface area contributed by atoms with Gasteiger partial charge in [0.15, 0.2) is 0 Å². The number of aryl methyl sites for hydroxylation is 1. The smallest absolute Gasteiger partial charge is 0.264 e. The molecule has 4 aromatic carbocycles. The fraction of sp³-hybridized carbons (Fsp3) is 0.257. The molecule has 0 bridgehead atoms. The molecule has 45 heavy (non-hydrogen) atoms. The van der Waals surface area contributed by atoms with Crippen molar-refractivity contribution in [3.05, 3.63) is 130 Å². The molecule has 0 fully saturated rings. The Morgan fingerprint density at radius 1 is 0.822 bits per heavy atom. The van der Waals surface area contributed by atoms with E-state index in [1.807, 2.05) is 51.1 Å². The van der Waals surface area contributed by atoms with Crippen LogP contribution in [0.1, 0.15) is 37.0 Å². The molecule has 2 atom stereocenters. The zero-order valence-electron chi connectivity index (χ0n) is 25.5. The minimum absolute atomic E-state index is 0.0143. The maximum absolute atomic E-state index is 14.5. The molecule has 0 saturated heterocycles. The van der Waals surface area contributed by atoms with Crippen molar-refractivity contribution >= 4 is 50.7 Å². The molecule has 2 amide bonds. The Morgan fingerprint density at radius 3 is 2.07 bits per heavy atom. The van der Waals surface area contributed by atoms with Crippen LogP contribution in [0.2, 0.25) is 10.0 Å². The van der Waals surface area contributed by atoms with Gasteiger partial charge in [-0.1, -0.05) is 102 Å². The van der Waals surface area contributed by atoms with Gasteiger partial charge in [-0.05, 0) is 67.8 Å². The van der Waals surface area contributed by atoms with Crippen LogP contribution in [0.3, 0.4) is 0 Å². The monoisotopic (exact) mass is 665 g/mol. The van der Waals surface area contributed by atoms with Gasteiger partial charge in [0.2, 0.25) is 11.8 Å². The largest absolute Gasteiger partial charge is 0.352 e. The highest BCUT2D eigenvalue weighted by Crippen LogP contribution is 2.31. The first-order valence-electron chi connectivity index (χ1n) is 14.7. The molecule has 0 heterocycles. The maximum atomic E-state index is 14.5. The quantitative estimate of drug-likeness (QED) is 0.166. The van der Waals surface area contributed by atoms with Gasteiger partial charge in [-0.3, -0.25) is 13.9 Å². The van der Waals surface area contributed by atoms with Crippen LogP contribution < -0.4 is 9.62 Å². The Kier molecular flexibility index (Phi) is 11.7. The van der Waals surface area contributed by atoms with Crippen molar-refractivity contribution in [1.29, 1.82) is 0 Å². The van der Waals surface area contributed by atoms with E-state index in [2.05, 4.69) is 5.32 Å². The molecule has 0 aliphatic carbocycles. The Labute approximate surface area is 275 Å². The molecule has 4 aromatic rings. The van der Waals surface area contributed by atoms with Crippen LogP contribution in [-0.4, -0.2) is 43.8 Å². The van der Waals surface area contributed by atoms with Crippen LogP contribution in [0.5, 0.6) is 0 Å². The third-order valence-electron chi connectivity index (χ3n) is 7.55. The minimum atomic E-state index is -4.24. The van der Waals surface area contributed by atoms with E-state index in [9.17, 15) is 18.0 Å². The Balaban J connectivity index is 1.81. The number of benzene rings is 4. The van der Waals surface area contributed by atoms with Gasteiger partial charge in [0.1, 0.15) is 12.6 Å². The predicted molar refractivity (Wildman–Crippen MR) is 181 cm³/mol. The third kappa shape index (κ3) is 8.87. The molecule has 0 unspecified atom stereocenters. The van der Waals surface area contributed by atoms with E-state index in [0.29, 0.717) is 11.4 Å². The average molecular weight is 667 g/mol. The van der Waals surface area contributed by atoms with Gasteiger partial charge in [0, 0.05) is 24.0 Å². The number of para-hydroxylation sites is 1. The number of sulfonamides is 1. The Bertz CT molecular complexity index is 1700. The summed E-state index contributed by atoms with van der Waals surface area (Å²) in [7, 11) is -4.24. The number of nitrogens with zero attached hydrogens (tertiary/aromatic N) is 2.